The number of anilines is 2. The van der Waals surface area contributed by atoms with Gasteiger partial charge in [-0.15, -0.1) is 0 Å². The van der Waals surface area contributed by atoms with Gasteiger partial charge in [-0.1, -0.05) is 36.4 Å². The molecule has 3 N–H and O–H groups in total. The molecule has 0 saturated carbocycles. The van der Waals surface area contributed by atoms with E-state index in [1.54, 1.807) is 13.0 Å². The van der Waals surface area contributed by atoms with Crippen molar-refractivity contribution >= 4 is 39.0 Å². The van der Waals surface area contributed by atoms with Gasteiger partial charge in [0.1, 0.15) is 11.4 Å². The van der Waals surface area contributed by atoms with E-state index in [9.17, 15) is 31.5 Å². The van der Waals surface area contributed by atoms with Crippen molar-refractivity contribution in [3.05, 3.63) is 88.1 Å². The monoisotopic (exact) mass is 605 g/mol. The van der Waals surface area contributed by atoms with Gasteiger partial charge in [0.2, 0.25) is 0 Å². The number of benzene rings is 2. The standard InChI is InChI=1S/C27H29N3O4S.C2HF3O2/c1-17-7-5-6-8-23(17)21-9-11-30(12-10-21)26-24(27(31)32)15-22(16-28-26)29-35(33,34)25-14-19(3)18(2)13-20(25)4;3-2(4,5)1(6)7/h5-9,13-16,29H,10-12H2,1-4H3,(H,31,32);(H,6,7). The van der Waals surface area contributed by atoms with Gasteiger partial charge < -0.3 is 15.1 Å². The van der Waals surface area contributed by atoms with Crippen LogP contribution in [0.25, 0.3) is 5.57 Å². The second-order valence-corrected chi connectivity index (χ2v) is 11.4. The summed E-state index contributed by atoms with van der Waals surface area (Å²) >= 11 is 0. The molecule has 1 aliphatic rings. The van der Waals surface area contributed by atoms with Crippen LogP contribution in [-0.2, 0) is 14.8 Å². The maximum Gasteiger partial charge on any atom is 0.490 e. The highest BCUT2D eigenvalue weighted by Crippen LogP contribution is 2.30. The number of aromatic carboxylic acids is 1. The third-order valence-corrected chi connectivity index (χ3v) is 8.20. The number of hydrogen-bond donors (Lipinski definition) is 3. The van der Waals surface area contributed by atoms with Gasteiger partial charge in [-0.3, -0.25) is 4.72 Å². The summed E-state index contributed by atoms with van der Waals surface area (Å²) in [6.07, 6.45) is -0.861. The van der Waals surface area contributed by atoms with Crippen molar-refractivity contribution in [3.63, 3.8) is 0 Å². The highest BCUT2D eigenvalue weighted by Gasteiger charge is 2.38. The van der Waals surface area contributed by atoms with Crippen LogP contribution in [-0.4, -0.2) is 54.8 Å². The fraction of sp³-hybridized carbons (Fsp3) is 0.276. The lowest BCUT2D eigenvalue weighted by Crippen LogP contribution is -2.31. The highest BCUT2D eigenvalue weighted by atomic mass is 32.2. The number of rotatable bonds is 6. The zero-order valence-corrected chi connectivity index (χ0v) is 24.1. The van der Waals surface area contributed by atoms with Crippen LogP contribution >= 0.6 is 0 Å². The third-order valence-electron chi connectivity index (χ3n) is 6.67. The maximum absolute atomic E-state index is 13.0. The Labute approximate surface area is 241 Å². The predicted octanol–water partition coefficient (Wildman–Crippen LogP) is 5.74. The summed E-state index contributed by atoms with van der Waals surface area (Å²) in [5.74, 6) is -3.60. The van der Waals surface area contributed by atoms with Gasteiger partial charge in [-0.05, 0) is 79.6 Å². The SMILES string of the molecule is Cc1cc(C)c(S(=O)(=O)Nc2cnc(N3CC=C(c4ccccc4C)CC3)c(C(=O)O)c2)cc1C.O=C(O)C(F)(F)F. The van der Waals surface area contributed by atoms with E-state index in [-0.39, 0.29) is 16.1 Å². The van der Waals surface area contributed by atoms with Crippen molar-refractivity contribution in [1.29, 1.82) is 0 Å². The second-order valence-electron chi connectivity index (χ2n) is 9.75. The van der Waals surface area contributed by atoms with Crippen molar-refractivity contribution in [2.24, 2.45) is 0 Å². The fourth-order valence-electron chi connectivity index (χ4n) is 4.40. The van der Waals surface area contributed by atoms with Crippen molar-refractivity contribution in [3.8, 4) is 0 Å². The summed E-state index contributed by atoms with van der Waals surface area (Å²) < 4.78 is 60.3. The number of nitrogens with one attached hydrogen (secondary N) is 1. The van der Waals surface area contributed by atoms with E-state index < -0.39 is 28.1 Å². The van der Waals surface area contributed by atoms with Gasteiger partial charge in [0.15, 0.2) is 0 Å². The minimum atomic E-state index is -5.08. The summed E-state index contributed by atoms with van der Waals surface area (Å²) in [6.45, 7) is 8.72. The number of carboxylic acids is 2. The Bertz CT molecular complexity index is 1650. The van der Waals surface area contributed by atoms with E-state index in [1.165, 1.54) is 29.0 Å². The Kier molecular flexibility index (Phi) is 9.67. The molecule has 0 spiro atoms. The number of sulfonamides is 1. The topological polar surface area (TPSA) is 137 Å². The molecule has 13 heteroatoms. The molecule has 1 aliphatic heterocycles. The molecule has 3 aromatic rings. The molecular formula is C29H30F3N3O6S. The van der Waals surface area contributed by atoms with E-state index in [2.05, 4.69) is 34.8 Å². The van der Waals surface area contributed by atoms with E-state index in [4.69, 9.17) is 9.90 Å². The molecule has 1 aromatic heterocycles. The van der Waals surface area contributed by atoms with Crippen molar-refractivity contribution in [1.82, 2.24) is 4.98 Å². The Morgan fingerprint density at radius 2 is 1.57 bits per heavy atom. The predicted molar refractivity (Wildman–Crippen MR) is 152 cm³/mol. The second kappa shape index (κ2) is 12.6. The quantitative estimate of drug-likeness (QED) is 0.324. The van der Waals surface area contributed by atoms with Gasteiger partial charge in [-0.2, -0.15) is 13.2 Å². The van der Waals surface area contributed by atoms with E-state index in [0.717, 1.165) is 17.5 Å². The lowest BCUT2D eigenvalue weighted by Gasteiger charge is -2.29. The van der Waals surface area contributed by atoms with Gasteiger partial charge in [0, 0.05) is 13.1 Å². The number of pyridine rings is 1. The van der Waals surface area contributed by atoms with Gasteiger partial charge in [-0.25, -0.2) is 23.0 Å². The number of halogens is 3. The minimum Gasteiger partial charge on any atom is -0.478 e. The molecule has 0 bridgehead atoms. The molecule has 4 rings (SSSR count). The average Bonchev–Trinajstić information content (AvgIpc) is 2.90. The number of hydrogen-bond acceptors (Lipinski definition) is 6. The third kappa shape index (κ3) is 7.66. The molecule has 0 unspecified atom stereocenters. The molecule has 2 aromatic carbocycles. The highest BCUT2D eigenvalue weighted by molar-refractivity contribution is 7.92. The van der Waals surface area contributed by atoms with E-state index in [1.807, 2.05) is 36.9 Å². The molecule has 0 fully saturated rings. The lowest BCUT2D eigenvalue weighted by molar-refractivity contribution is -0.192. The van der Waals surface area contributed by atoms with Crippen LogP contribution in [0.4, 0.5) is 24.7 Å². The molecule has 42 heavy (non-hydrogen) atoms. The Balaban J connectivity index is 0.000000616. The van der Waals surface area contributed by atoms with Crippen LogP contribution in [0, 0.1) is 27.7 Å². The molecule has 0 radical (unpaired) electrons. The van der Waals surface area contributed by atoms with E-state index >= 15 is 0 Å². The van der Waals surface area contributed by atoms with Crippen LogP contribution in [0.5, 0.6) is 0 Å². The lowest BCUT2D eigenvalue weighted by atomic mass is 9.95. The largest absolute Gasteiger partial charge is 0.490 e. The van der Waals surface area contributed by atoms with E-state index in [0.29, 0.717) is 24.5 Å². The Morgan fingerprint density at radius 1 is 0.952 bits per heavy atom. The fourth-order valence-corrected chi connectivity index (χ4v) is 5.74. The normalized spacial score (nSPS) is 13.5. The van der Waals surface area contributed by atoms with Gasteiger partial charge in [0.05, 0.1) is 16.8 Å². The first-order valence-corrected chi connectivity index (χ1v) is 14.1. The molecule has 224 valence electrons. The van der Waals surface area contributed by atoms with Crippen LogP contribution in [0.15, 0.2) is 59.6 Å². The molecule has 0 saturated heterocycles. The first kappa shape index (κ1) is 32.1. The molecule has 0 amide bonds. The van der Waals surface area contributed by atoms with Crippen LogP contribution < -0.4 is 9.62 Å². The smallest absolute Gasteiger partial charge is 0.478 e. The molecule has 9 nitrogen and oxygen atoms in total. The van der Waals surface area contributed by atoms with Gasteiger partial charge in [0.25, 0.3) is 10.0 Å². The number of nitrogens with zero attached hydrogens (tertiary/aromatic N) is 2. The van der Waals surface area contributed by atoms with Crippen LogP contribution in [0.2, 0.25) is 0 Å². The number of aliphatic carboxylic acids is 1. The Morgan fingerprint density at radius 3 is 2.12 bits per heavy atom. The molecular weight excluding hydrogens is 575 g/mol. The van der Waals surface area contributed by atoms with Crippen molar-refractivity contribution in [2.45, 2.75) is 45.2 Å². The summed E-state index contributed by atoms with van der Waals surface area (Å²) in [7, 11) is -3.91. The van der Waals surface area contributed by atoms with Gasteiger partial charge >= 0.3 is 18.1 Å². The zero-order chi connectivity index (χ0) is 31.4. The first-order valence-electron chi connectivity index (χ1n) is 12.7. The number of aryl methyl sites for hydroxylation is 4. The van der Waals surface area contributed by atoms with Crippen molar-refractivity contribution in [2.75, 3.05) is 22.7 Å². The molecule has 0 atom stereocenters. The number of carbonyl (C=O) groups is 2. The maximum atomic E-state index is 13.0. The minimum absolute atomic E-state index is 0.0465. The average molecular weight is 606 g/mol. The van der Waals surface area contributed by atoms with Crippen molar-refractivity contribution < 1.29 is 41.4 Å². The number of aromatic nitrogens is 1. The molecule has 0 aliphatic carbocycles. The first-order chi connectivity index (χ1) is 19.5. The van der Waals surface area contributed by atoms with Crippen LogP contribution in [0.1, 0.15) is 44.6 Å². The number of carboxylic acid groups (broad SMARTS) is 2. The Hall–Kier alpha value is -4.39. The summed E-state index contributed by atoms with van der Waals surface area (Å²) in [4.78, 5) is 27.4. The van der Waals surface area contributed by atoms with Crippen LogP contribution in [0.3, 0.4) is 0 Å². The zero-order valence-electron chi connectivity index (χ0n) is 23.3. The summed E-state index contributed by atoms with van der Waals surface area (Å²) in [6, 6.07) is 13.0. The molecule has 2 heterocycles. The number of alkyl halides is 3. The summed E-state index contributed by atoms with van der Waals surface area (Å²) in [5.41, 5.74) is 6.17. The summed E-state index contributed by atoms with van der Waals surface area (Å²) in [5, 5.41) is 17.0.